The maximum Gasteiger partial charge on any atom is 0.206 e. The lowest BCUT2D eigenvalue weighted by Gasteiger charge is -2.23. The van der Waals surface area contributed by atoms with Crippen LogP contribution in [-0.4, -0.2) is 27.7 Å². The van der Waals surface area contributed by atoms with Crippen LogP contribution in [0, 0.1) is 0 Å². The highest BCUT2D eigenvalue weighted by Crippen LogP contribution is 2.35. The molecule has 1 aliphatic heterocycles. The zero-order valence-corrected chi connectivity index (χ0v) is 15.0. The largest absolute Gasteiger partial charge is 0.490 e. The van der Waals surface area contributed by atoms with Crippen LogP contribution in [0.4, 0.5) is 0 Å². The second-order valence-electron chi connectivity index (χ2n) is 6.99. The number of ether oxygens (including phenoxy) is 2. The molecule has 0 radical (unpaired) electrons. The first-order valence-corrected chi connectivity index (χ1v) is 9.46. The van der Waals surface area contributed by atoms with E-state index in [9.17, 15) is 8.42 Å². The third kappa shape index (κ3) is 3.62. The van der Waals surface area contributed by atoms with E-state index in [1.54, 1.807) is 48.5 Å². The second-order valence-corrected chi connectivity index (χ2v) is 8.94. The van der Waals surface area contributed by atoms with Gasteiger partial charge in [0.1, 0.15) is 18.5 Å². The maximum absolute atomic E-state index is 12.8. The molecule has 0 aliphatic carbocycles. The van der Waals surface area contributed by atoms with Gasteiger partial charge in [-0.1, -0.05) is 39.0 Å². The first kappa shape index (κ1) is 17.0. The molecule has 1 unspecified atom stereocenters. The van der Waals surface area contributed by atoms with E-state index in [1.165, 1.54) is 0 Å². The van der Waals surface area contributed by atoms with Crippen LogP contribution in [0.3, 0.4) is 0 Å². The lowest BCUT2D eigenvalue weighted by molar-refractivity contribution is 0.258. The fourth-order valence-corrected chi connectivity index (χ4v) is 3.78. The number of epoxide rings is 1. The van der Waals surface area contributed by atoms with E-state index < -0.39 is 9.84 Å². The molecular weight excluding hydrogens is 324 g/mol. The Kier molecular flexibility index (Phi) is 4.40. The van der Waals surface area contributed by atoms with Gasteiger partial charge >= 0.3 is 0 Å². The van der Waals surface area contributed by atoms with Crippen molar-refractivity contribution in [2.24, 2.45) is 0 Å². The van der Waals surface area contributed by atoms with Crippen LogP contribution in [0.5, 0.6) is 5.75 Å². The summed E-state index contributed by atoms with van der Waals surface area (Å²) in [4.78, 5) is 0.582. The topological polar surface area (TPSA) is 55.9 Å². The summed E-state index contributed by atoms with van der Waals surface area (Å²) in [6.45, 7) is 7.35. The second kappa shape index (κ2) is 6.22. The van der Waals surface area contributed by atoms with Gasteiger partial charge in [0.2, 0.25) is 9.84 Å². The molecule has 0 N–H and O–H groups in total. The van der Waals surface area contributed by atoms with Crippen LogP contribution in [0.15, 0.2) is 58.3 Å². The smallest absolute Gasteiger partial charge is 0.206 e. The molecule has 0 bridgehead atoms. The molecule has 0 aromatic heterocycles. The SMILES string of the molecule is CC(C)(C)c1cc(S(=O)(=O)c2ccccc2)ccc1OCC1CO1. The van der Waals surface area contributed by atoms with E-state index >= 15 is 0 Å². The fourth-order valence-electron chi connectivity index (χ4n) is 2.47. The van der Waals surface area contributed by atoms with Gasteiger partial charge in [-0.2, -0.15) is 0 Å². The summed E-state index contributed by atoms with van der Waals surface area (Å²) in [6, 6.07) is 13.6. The number of benzene rings is 2. The van der Waals surface area contributed by atoms with Crippen molar-refractivity contribution in [1.82, 2.24) is 0 Å². The predicted octanol–water partition coefficient (Wildman–Crippen LogP) is 3.59. The lowest BCUT2D eigenvalue weighted by atomic mass is 9.86. The van der Waals surface area contributed by atoms with Gasteiger partial charge in [-0.05, 0) is 35.7 Å². The van der Waals surface area contributed by atoms with Crippen LogP contribution >= 0.6 is 0 Å². The summed E-state index contributed by atoms with van der Waals surface area (Å²) in [7, 11) is -3.54. The standard InChI is InChI=1S/C19H22O4S/c1-19(2,3)17-11-16(9-10-18(17)23-13-14-12-22-14)24(20,21)15-7-5-4-6-8-15/h4-11,14H,12-13H2,1-3H3. The van der Waals surface area contributed by atoms with Crippen molar-refractivity contribution in [1.29, 1.82) is 0 Å². The molecule has 3 rings (SSSR count). The Bertz CT molecular complexity index is 816. The van der Waals surface area contributed by atoms with Crippen LogP contribution in [0.25, 0.3) is 0 Å². The van der Waals surface area contributed by atoms with Crippen molar-refractivity contribution in [3.8, 4) is 5.75 Å². The Hall–Kier alpha value is -1.85. The van der Waals surface area contributed by atoms with Crippen molar-refractivity contribution in [2.45, 2.75) is 42.1 Å². The van der Waals surface area contributed by atoms with E-state index in [1.807, 2.05) is 20.8 Å². The van der Waals surface area contributed by atoms with Gasteiger partial charge in [0.25, 0.3) is 0 Å². The molecule has 1 heterocycles. The molecule has 0 spiro atoms. The third-order valence-corrected chi connectivity index (χ3v) is 5.72. The molecule has 24 heavy (non-hydrogen) atoms. The molecule has 1 saturated heterocycles. The molecule has 1 fully saturated rings. The van der Waals surface area contributed by atoms with Crippen LogP contribution < -0.4 is 4.74 Å². The van der Waals surface area contributed by atoms with E-state index in [-0.39, 0.29) is 16.4 Å². The van der Waals surface area contributed by atoms with Crippen molar-refractivity contribution >= 4 is 9.84 Å². The number of sulfone groups is 1. The summed E-state index contributed by atoms with van der Waals surface area (Å²) in [5, 5.41) is 0. The first-order valence-electron chi connectivity index (χ1n) is 7.97. The molecule has 128 valence electrons. The zero-order chi connectivity index (χ0) is 17.4. The van der Waals surface area contributed by atoms with Crippen LogP contribution in [-0.2, 0) is 20.0 Å². The van der Waals surface area contributed by atoms with Gasteiger partial charge in [0.05, 0.1) is 16.4 Å². The molecule has 2 aromatic carbocycles. The summed E-state index contributed by atoms with van der Waals surface area (Å²) in [5.74, 6) is 0.713. The Labute approximate surface area is 143 Å². The zero-order valence-electron chi connectivity index (χ0n) is 14.2. The van der Waals surface area contributed by atoms with E-state index in [2.05, 4.69) is 0 Å². The average molecular weight is 346 g/mol. The summed E-state index contributed by atoms with van der Waals surface area (Å²) >= 11 is 0. The van der Waals surface area contributed by atoms with E-state index in [4.69, 9.17) is 9.47 Å². The predicted molar refractivity (Wildman–Crippen MR) is 92.3 cm³/mol. The van der Waals surface area contributed by atoms with Gasteiger partial charge in [-0.25, -0.2) is 8.42 Å². The Morgan fingerprint density at radius 3 is 2.33 bits per heavy atom. The number of hydrogen-bond donors (Lipinski definition) is 0. The van der Waals surface area contributed by atoms with Crippen molar-refractivity contribution in [3.05, 3.63) is 54.1 Å². The summed E-state index contributed by atoms with van der Waals surface area (Å²) in [6.07, 6.45) is 0.158. The maximum atomic E-state index is 12.8. The van der Waals surface area contributed by atoms with Gasteiger partial charge < -0.3 is 9.47 Å². The van der Waals surface area contributed by atoms with Crippen LogP contribution in [0.1, 0.15) is 26.3 Å². The number of rotatable bonds is 5. The van der Waals surface area contributed by atoms with Gasteiger partial charge in [-0.3, -0.25) is 0 Å². The van der Waals surface area contributed by atoms with Crippen molar-refractivity contribution < 1.29 is 17.9 Å². The molecule has 4 nitrogen and oxygen atoms in total. The third-order valence-electron chi connectivity index (χ3n) is 3.95. The molecule has 0 saturated carbocycles. The Morgan fingerprint density at radius 2 is 1.75 bits per heavy atom. The number of hydrogen-bond acceptors (Lipinski definition) is 4. The molecule has 0 amide bonds. The minimum atomic E-state index is -3.54. The average Bonchev–Trinajstić information content (AvgIpc) is 3.37. The van der Waals surface area contributed by atoms with E-state index in [0.29, 0.717) is 17.3 Å². The lowest BCUT2D eigenvalue weighted by Crippen LogP contribution is -2.16. The van der Waals surface area contributed by atoms with Crippen molar-refractivity contribution in [3.63, 3.8) is 0 Å². The highest BCUT2D eigenvalue weighted by Gasteiger charge is 2.27. The molecule has 1 atom stereocenters. The minimum Gasteiger partial charge on any atom is -0.490 e. The molecule has 5 heteroatoms. The summed E-state index contributed by atoms with van der Waals surface area (Å²) in [5.41, 5.74) is 0.641. The molecule has 2 aromatic rings. The summed E-state index contributed by atoms with van der Waals surface area (Å²) < 4.78 is 36.7. The van der Waals surface area contributed by atoms with Gasteiger partial charge in [-0.15, -0.1) is 0 Å². The highest BCUT2D eigenvalue weighted by molar-refractivity contribution is 7.91. The monoisotopic (exact) mass is 346 g/mol. The fraction of sp³-hybridized carbons (Fsp3) is 0.368. The van der Waals surface area contributed by atoms with E-state index in [0.717, 1.165) is 12.2 Å². The highest BCUT2D eigenvalue weighted by atomic mass is 32.2. The first-order chi connectivity index (χ1) is 11.3. The van der Waals surface area contributed by atoms with Gasteiger partial charge in [0.15, 0.2) is 0 Å². The Morgan fingerprint density at radius 1 is 1.08 bits per heavy atom. The normalized spacial score (nSPS) is 17.5. The molecular formula is C19H22O4S. The minimum absolute atomic E-state index is 0.158. The quantitative estimate of drug-likeness (QED) is 0.776. The van der Waals surface area contributed by atoms with Crippen LogP contribution in [0.2, 0.25) is 0 Å². The Balaban J connectivity index is 2.00. The van der Waals surface area contributed by atoms with Gasteiger partial charge in [0, 0.05) is 5.56 Å². The molecule has 1 aliphatic rings. The van der Waals surface area contributed by atoms with Crippen molar-refractivity contribution in [2.75, 3.05) is 13.2 Å².